The highest BCUT2D eigenvalue weighted by Crippen LogP contribution is 2.30. The SMILES string of the molecule is CCOC(=O)C(C)CC(N)Cc1ccc(-c2cc(Cl)ccc2Cl)cc1. The molecule has 0 aromatic heterocycles. The van der Waals surface area contributed by atoms with E-state index in [1.54, 1.807) is 19.1 Å². The first-order valence-corrected chi connectivity index (χ1v) is 9.12. The molecule has 2 aromatic rings. The molecule has 2 aromatic carbocycles. The number of ether oxygens (including phenoxy) is 1. The number of benzene rings is 2. The minimum atomic E-state index is -0.195. The van der Waals surface area contributed by atoms with Crippen LogP contribution in [0.15, 0.2) is 42.5 Å². The van der Waals surface area contributed by atoms with E-state index in [-0.39, 0.29) is 17.9 Å². The van der Waals surface area contributed by atoms with Crippen molar-refractivity contribution in [3.63, 3.8) is 0 Å². The fourth-order valence-corrected chi connectivity index (χ4v) is 3.16. The van der Waals surface area contributed by atoms with E-state index in [2.05, 4.69) is 0 Å². The van der Waals surface area contributed by atoms with Gasteiger partial charge in [-0.1, -0.05) is 54.4 Å². The zero-order chi connectivity index (χ0) is 18.4. The largest absolute Gasteiger partial charge is 0.466 e. The van der Waals surface area contributed by atoms with Crippen LogP contribution in [0.4, 0.5) is 0 Å². The molecule has 2 atom stereocenters. The zero-order valence-electron chi connectivity index (χ0n) is 14.5. The van der Waals surface area contributed by atoms with Gasteiger partial charge in [-0.25, -0.2) is 0 Å². The van der Waals surface area contributed by atoms with Crippen LogP contribution in [0.3, 0.4) is 0 Å². The molecule has 2 rings (SSSR count). The van der Waals surface area contributed by atoms with Gasteiger partial charge in [-0.2, -0.15) is 0 Å². The Morgan fingerprint density at radius 3 is 2.48 bits per heavy atom. The lowest BCUT2D eigenvalue weighted by Crippen LogP contribution is -2.29. The maximum Gasteiger partial charge on any atom is 0.308 e. The summed E-state index contributed by atoms with van der Waals surface area (Å²) in [6.07, 6.45) is 1.30. The van der Waals surface area contributed by atoms with Crippen LogP contribution >= 0.6 is 23.2 Å². The molecule has 0 radical (unpaired) electrons. The van der Waals surface area contributed by atoms with E-state index < -0.39 is 0 Å². The number of hydrogen-bond donors (Lipinski definition) is 1. The smallest absolute Gasteiger partial charge is 0.308 e. The molecule has 0 aliphatic carbocycles. The highest BCUT2D eigenvalue weighted by Gasteiger charge is 2.18. The van der Waals surface area contributed by atoms with Crippen LogP contribution in [0, 0.1) is 5.92 Å². The van der Waals surface area contributed by atoms with Crippen molar-refractivity contribution in [1.29, 1.82) is 0 Å². The predicted octanol–water partition coefficient (Wildman–Crippen LogP) is 5.12. The van der Waals surface area contributed by atoms with Crippen LogP contribution in [-0.4, -0.2) is 18.6 Å². The average Bonchev–Trinajstić information content (AvgIpc) is 2.58. The summed E-state index contributed by atoms with van der Waals surface area (Å²) in [5.74, 6) is -0.386. The molecule has 0 saturated heterocycles. The van der Waals surface area contributed by atoms with Crippen molar-refractivity contribution in [3.8, 4) is 11.1 Å². The summed E-state index contributed by atoms with van der Waals surface area (Å²) in [5.41, 5.74) is 9.21. The topological polar surface area (TPSA) is 52.3 Å². The zero-order valence-corrected chi connectivity index (χ0v) is 16.0. The van der Waals surface area contributed by atoms with Crippen LogP contribution < -0.4 is 5.73 Å². The highest BCUT2D eigenvalue weighted by atomic mass is 35.5. The van der Waals surface area contributed by atoms with Gasteiger partial charge in [0.2, 0.25) is 0 Å². The molecule has 2 unspecified atom stereocenters. The van der Waals surface area contributed by atoms with Crippen molar-refractivity contribution < 1.29 is 9.53 Å². The Labute approximate surface area is 159 Å². The van der Waals surface area contributed by atoms with Gasteiger partial charge in [0.05, 0.1) is 12.5 Å². The summed E-state index contributed by atoms with van der Waals surface area (Å²) in [5, 5.41) is 1.32. The molecule has 0 fully saturated rings. The van der Waals surface area contributed by atoms with Crippen molar-refractivity contribution >= 4 is 29.2 Å². The fraction of sp³-hybridized carbons (Fsp3) is 0.350. The Morgan fingerprint density at radius 2 is 1.84 bits per heavy atom. The second-order valence-corrected chi connectivity index (χ2v) is 7.02. The van der Waals surface area contributed by atoms with E-state index in [1.165, 1.54) is 0 Å². The number of hydrogen-bond acceptors (Lipinski definition) is 3. The Hall–Kier alpha value is -1.55. The van der Waals surface area contributed by atoms with Crippen LogP contribution in [0.25, 0.3) is 11.1 Å². The van der Waals surface area contributed by atoms with E-state index >= 15 is 0 Å². The van der Waals surface area contributed by atoms with Crippen molar-refractivity contribution in [2.24, 2.45) is 11.7 Å². The number of halogens is 2. The first kappa shape index (κ1) is 19.8. The number of rotatable bonds is 7. The number of carbonyl (C=O) groups excluding carboxylic acids is 1. The predicted molar refractivity (Wildman–Crippen MR) is 104 cm³/mol. The molecular formula is C20H23Cl2NO2. The quantitative estimate of drug-likeness (QED) is 0.679. The van der Waals surface area contributed by atoms with Crippen molar-refractivity contribution in [1.82, 2.24) is 0 Å². The van der Waals surface area contributed by atoms with Gasteiger partial charge < -0.3 is 10.5 Å². The molecular weight excluding hydrogens is 357 g/mol. The summed E-state index contributed by atoms with van der Waals surface area (Å²) < 4.78 is 5.02. The summed E-state index contributed by atoms with van der Waals surface area (Å²) in [4.78, 5) is 11.7. The molecule has 0 amide bonds. The number of carbonyl (C=O) groups is 1. The van der Waals surface area contributed by atoms with Crippen molar-refractivity contribution in [2.45, 2.75) is 32.7 Å². The van der Waals surface area contributed by atoms with Gasteiger partial charge in [0.1, 0.15) is 0 Å². The third-order valence-corrected chi connectivity index (χ3v) is 4.60. The maximum atomic E-state index is 11.7. The Balaban J connectivity index is 2.00. The van der Waals surface area contributed by atoms with Gasteiger partial charge in [0.15, 0.2) is 0 Å². The minimum Gasteiger partial charge on any atom is -0.466 e. The molecule has 0 spiro atoms. The summed E-state index contributed by atoms with van der Waals surface area (Å²) in [7, 11) is 0. The van der Waals surface area contributed by atoms with E-state index in [0.717, 1.165) is 16.7 Å². The molecule has 0 aliphatic heterocycles. The molecule has 0 bridgehead atoms. The average molecular weight is 380 g/mol. The van der Waals surface area contributed by atoms with E-state index in [9.17, 15) is 4.79 Å². The molecule has 5 heteroatoms. The second kappa shape index (κ2) is 9.23. The number of esters is 1. The van der Waals surface area contributed by atoms with Gasteiger partial charge in [-0.3, -0.25) is 4.79 Å². The molecule has 2 N–H and O–H groups in total. The monoisotopic (exact) mass is 379 g/mol. The van der Waals surface area contributed by atoms with E-state index in [0.29, 0.717) is 29.5 Å². The molecule has 134 valence electrons. The minimum absolute atomic E-state index is 0.0972. The highest BCUT2D eigenvalue weighted by molar-refractivity contribution is 6.35. The van der Waals surface area contributed by atoms with Gasteiger partial charge in [-0.15, -0.1) is 0 Å². The fourth-order valence-electron chi connectivity index (χ4n) is 2.76. The second-order valence-electron chi connectivity index (χ2n) is 6.17. The van der Waals surface area contributed by atoms with Gasteiger partial charge in [-0.05, 0) is 49.1 Å². The van der Waals surface area contributed by atoms with Crippen LogP contribution in [-0.2, 0) is 16.0 Å². The Morgan fingerprint density at radius 1 is 1.16 bits per heavy atom. The summed E-state index contributed by atoms with van der Waals surface area (Å²) >= 11 is 12.3. The molecule has 0 heterocycles. The lowest BCUT2D eigenvalue weighted by Gasteiger charge is -2.16. The van der Waals surface area contributed by atoms with Crippen molar-refractivity contribution in [3.05, 3.63) is 58.1 Å². The third-order valence-electron chi connectivity index (χ3n) is 4.04. The van der Waals surface area contributed by atoms with Gasteiger partial charge >= 0.3 is 5.97 Å². The first-order valence-electron chi connectivity index (χ1n) is 8.37. The number of nitrogens with two attached hydrogens (primary N) is 1. The first-order chi connectivity index (χ1) is 11.9. The Kier molecular flexibility index (Phi) is 7.30. The van der Waals surface area contributed by atoms with Crippen LogP contribution in [0.5, 0.6) is 0 Å². The third kappa shape index (κ3) is 5.74. The maximum absolute atomic E-state index is 11.7. The standard InChI is InChI=1S/C20H23Cl2NO2/c1-3-25-20(24)13(2)10-17(23)11-14-4-6-15(7-5-14)18-12-16(21)8-9-19(18)22/h4-9,12-13,17H,3,10-11,23H2,1-2H3. The summed E-state index contributed by atoms with van der Waals surface area (Å²) in [6.45, 7) is 4.05. The van der Waals surface area contributed by atoms with Crippen LogP contribution in [0.2, 0.25) is 10.0 Å². The summed E-state index contributed by atoms with van der Waals surface area (Å²) in [6, 6.07) is 13.4. The molecule has 25 heavy (non-hydrogen) atoms. The normalized spacial score (nSPS) is 13.3. The molecule has 0 aliphatic rings. The Bertz CT molecular complexity index is 716. The van der Waals surface area contributed by atoms with E-state index in [1.807, 2.05) is 37.3 Å². The lowest BCUT2D eigenvalue weighted by molar-refractivity contribution is -0.147. The van der Waals surface area contributed by atoms with Gasteiger partial charge in [0, 0.05) is 21.7 Å². The van der Waals surface area contributed by atoms with E-state index in [4.69, 9.17) is 33.7 Å². The van der Waals surface area contributed by atoms with Crippen LogP contribution in [0.1, 0.15) is 25.8 Å². The van der Waals surface area contributed by atoms with Crippen molar-refractivity contribution in [2.75, 3.05) is 6.61 Å². The molecule has 3 nitrogen and oxygen atoms in total. The van der Waals surface area contributed by atoms with Gasteiger partial charge in [0.25, 0.3) is 0 Å². The molecule has 0 saturated carbocycles. The lowest BCUT2D eigenvalue weighted by atomic mass is 9.95.